The van der Waals surface area contributed by atoms with Gasteiger partial charge in [0.2, 0.25) is 0 Å². The molecule has 50 heavy (non-hydrogen) atoms. The quantitative estimate of drug-likeness (QED) is 0.109. The molecule has 2 aliphatic carbocycles. The van der Waals surface area contributed by atoms with Crippen molar-refractivity contribution < 1.29 is 27.5 Å². The van der Waals surface area contributed by atoms with Crippen LogP contribution in [0.4, 0.5) is 19.0 Å². The molecule has 4 atom stereocenters. The van der Waals surface area contributed by atoms with Crippen molar-refractivity contribution in [2.75, 3.05) is 32.1 Å². The molecule has 3 aliphatic rings. The van der Waals surface area contributed by atoms with Crippen molar-refractivity contribution in [2.24, 2.45) is 5.92 Å². The first-order chi connectivity index (χ1) is 23.6. The van der Waals surface area contributed by atoms with Gasteiger partial charge in [-0.2, -0.15) is 17.9 Å². The summed E-state index contributed by atoms with van der Waals surface area (Å²) in [4.78, 5) is 22.4. The predicted molar refractivity (Wildman–Crippen MR) is 190 cm³/mol. The number of rotatable bonds is 14. The third kappa shape index (κ3) is 7.68. The smallest absolute Gasteiger partial charge is 0.412 e. The monoisotopic (exact) mass is 713 g/mol. The van der Waals surface area contributed by atoms with Crippen LogP contribution in [-0.4, -0.2) is 88.0 Å². The minimum Gasteiger partial charge on any atom is -0.412 e. The molecule has 0 unspecified atom stereocenters. The highest BCUT2D eigenvalue weighted by molar-refractivity contribution is 6.76. The van der Waals surface area contributed by atoms with E-state index in [0.29, 0.717) is 35.9 Å². The van der Waals surface area contributed by atoms with Crippen molar-refractivity contribution in [3.8, 4) is 0 Å². The van der Waals surface area contributed by atoms with Gasteiger partial charge in [-0.15, -0.1) is 0 Å². The van der Waals surface area contributed by atoms with Gasteiger partial charge in [0.25, 0.3) is 0 Å². The Bertz CT molecular complexity index is 1820. The molecule has 1 aliphatic heterocycles. The molecule has 1 N–H and O–H groups in total. The standard InChI is InChI=1S/C36H50F3N7O3Si/c1-35(2)48-31-23(19-29(32(31)49-35)45-16-14-26-33(42-25-11-12-25)40-22-41-34(26)45)21-44(3)15-8-7-9-30-43-27-13-10-24(36(37,38)39)20-28(27)46(30)47-17-18-50(4,5)6/h10,13-14,16,20,22-23,25,29,31-32H,7-9,11-12,15,17-19,21H2,1-6H3,(H,40,41,42)/t23-,29-,31-,32+/m1/s1. The highest BCUT2D eigenvalue weighted by atomic mass is 28.3. The number of aromatic nitrogens is 5. The summed E-state index contributed by atoms with van der Waals surface area (Å²) in [5, 5.41) is 4.58. The average molecular weight is 714 g/mol. The molecule has 4 heterocycles. The number of alkyl halides is 3. The Morgan fingerprint density at radius 2 is 1.86 bits per heavy atom. The Hall–Kier alpha value is -3.20. The lowest BCUT2D eigenvalue weighted by Crippen LogP contribution is -2.34. The van der Waals surface area contributed by atoms with Crippen LogP contribution in [0.25, 0.3) is 22.1 Å². The van der Waals surface area contributed by atoms with E-state index in [0.717, 1.165) is 67.4 Å². The zero-order valence-electron chi connectivity index (χ0n) is 30.0. The number of imidazole rings is 1. The van der Waals surface area contributed by atoms with E-state index in [1.807, 2.05) is 13.8 Å². The maximum absolute atomic E-state index is 13.6. The summed E-state index contributed by atoms with van der Waals surface area (Å²) in [6.07, 6.45) is 4.82. The number of fused-ring (bicyclic) bond motifs is 3. The first-order valence-electron chi connectivity index (χ1n) is 18.0. The third-order valence-corrected chi connectivity index (χ3v) is 11.9. The number of nitrogens with one attached hydrogen (secondary N) is 1. The summed E-state index contributed by atoms with van der Waals surface area (Å²) in [5.74, 6) is 1.17. The van der Waals surface area contributed by atoms with Crippen LogP contribution in [0.1, 0.15) is 63.4 Å². The van der Waals surface area contributed by atoms with E-state index in [1.54, 1.807) is 11.1 Å². The van der Waals surface area contributed by atoms with Crippen LogP contribution in [-0.2, 0) is 22.1 Å². The first-order valence-corrected chi connectivity index (χ1v) is 21.7. The van der Waals surface area contributed by atoms with E-state index in [4.69, 9.17) is 19.3 Å². The van der Waals surface area contributed by atoms with Gasteiger partial charge in [-0.05, 0) is 89.9 Å². The van der Waals surface area contributed by atoms with Crippen LogP contribution in [0.5, 0.6) is 0 Å². The molecule has 0 amide bonds. The summed E-state index contributed by atoms with van der Waals surface area (Å²) >= 11 is 0. The first kappa shape index (κ1) is 35.2. The normalized spacial score (nSPS) is 23.7. The van der Waals surface area contributed by atoms with Gasteiger partial charge in [0.05, 0.1) is 28.6 Å². The number of halogens is 3. The van der Waals surface area contributed by atoms with Gasteiger partial charge in [-0.3, -0.25) is 0 Å². The Kier molecular flexibility index (Phi) is 9.44. The molecule has 0 radical (unpaired) electrons. The molecule has 2 saturated carbocycles. The Labute approximate surface area is 292 Å². The number of anilines is 1. The van der Waals surface area contributed by atoms with Crippen LogP contribution >= 0.6 is 0 Å². The fourth-order valence-electron chi connectivity index (χ4n) is 7.46. The second kappa shape index (κ2) is 13.4. The van der Waals surface area contributed by atoms with Crippen LogP contribution in [0, 0.1) is 5.92 Å². The van der Waals surface area contributed by atoms with Gasteiger partial charge in [-0.1, -0.05) is 19.6 Å². The van der Waals surface area contributed by atoms with Crippen molar-refractivity contribution in [1.29, 1.82) is 0 Å². The van der Waals surface area contributed by atoms with Crippen LogP contribution < -0.4 is 10.2 Å². The second-order valence-electron chi connectivity index (χ2n) is 16.1. The maximum atomic E-state index is 13.6. The topological polar surface area (TPSA) is 91.5 Å². The number of unbranched alkanes of at least 4 members (excludes halogenated alkanes) is 1. The summed E-state index contributed by atoms with van der Waals surface area (Å²) in [5.41, 5.74) is 1.10. The second-order valence-corrected chi connectivity index (χ2v) is 21.7. The van der Waals surface area contributed by atoms with Crippen molar-refractivity contribution >= 4 is 36.0 Å². The van der Waals surface area contributed by atoms with E-state index >= 15 is 0 Å². The molecule has 7 rings (SSSR count). The molecule has 272 valence electrons. The highest BCUT2D eigenvalue weighted by Crippen LogP contribution is 2.48. The molecule has 1 aromatic carbocycles. The largest absolute Gasteiger partial charge is 0.416 e. The number of hydrogen-bond acceptors (Lipinski definition) is 8. The highest BCUT2D eigenvalue weighted by Gasteiger charge is 2.54. The molecule has 10 nitrogen and oxygen atoms in total. The van der Waals surface area contributed by atoms with E-state index in [2.05, 4.69) is 63.7 Å². The fraction of sp³-hybridized carbons (Fsp3) is 0.639. The van der Waals surface area contributed by atoms with E-state index in [1.165, 1.54) is 18.9 Å². The summed E-state index contributed by atoms with van der Waals surface area (Å²) < 4.78 is 57.5. The third-order valence-electron chi connectivity index (χ3n) is 10.2. The maximum Gasteiger partial charge on any atom is 0.416 e. The lowest BCUT2D eigenvalue weighted by Gasteiger charge is -2.27. The van der Waals surface area contributed by atoms with Gasteiger partial charge in [0.15, 0.2) is 5.79 Å². The van der Waals surface area contributed by atoms with E-state index < -0.39 is 25.6 Å². The van der Waals surface area contributed by atoms with Gasteiger partial charge in [-0.25, -0.2) is 15.0 Å². The number of ether oxygens (including phenoxy) is 2. The molecule has 14 heteroatoms. The van der Waals surface area contributed by atoms with Gasteiger partial charge in [0, 0.05) is 39.2 Å². The predicted octanol–water partition coefficient (Wildman–Crippen LogP) is 7.18. The number of benzene rings is 1. The zero-order valence-corrected chi connectivity index (χ0v) is 31.0. The molecule has 4 aromatic rings. The van der Waals surface area contributed by atoms with Crippen molar-refractivity contribution in [3.63, 3.8) is 0 Å². The molecule has 0 bridgehead atoms. The van der Waals surface area contributed by atoms with Crippen LogP contribution in [0.15, 0.2) is 36.8 Å². The van der Waals surface area contributed by atoms with Crippen molar-refractivity contribution in [2.45, 2.75) is 114 Å². The minimum absolute atomic E-state index is 0.0319. The molecular weight excluding hydrogens is 664 g/mol. The average Bonchev–Trinajstić information content (AvgIpc) is 3.34. The lowest BCUT2D eigenvalue weighted by molar-refractivity contribution is -0.160. The van der Waals surface area contributed by atoms with Gasteiger partial charge in [0.1, 0.15) is 41.8 Å². The van der Waals surface area contributed by atoms with E-state index in [9.17, 15) is 13.2 Å². The van der Waals surface area contributed by atoms with Crippen LogP contribution in [0.3, 0.4) is 0 Å². The molecule has 1 saturated heterocycles. The summed E-state index contributed by atoms with van der Waals surface area (Å²) in [6.45, 7) is 12.9. The Morgan fingerprint density at radius 1 is 1.08 bits per heavy atom. The Balaban J connectivity index is 0.996. The van der Waals surface area contributed by atoms with Crippen molar-refractivity contribution in [3.05, 3.63) is 48.2 Å². The van der Waals surface area contributed by atoms with Crippen LogP contribution in [0.2, 0.25) is 25.7 Å². The van der Waals surface area contributed by atoms with Gasteiger partial charge >= 0.3 is 6.18 Å². The number of nitrogens with zero attached hydrogens (tertiary/aromatic N) is 6. The lowest BCUT2D eigenvalue weighted by atomic mass is 10.0. The molecule has 0 spiro atoms. The minimum atomic E-state index is -4.43. The Morgan fingerprint density at radius 3 is 2.60 bits per heavy atom. The molecular formula is C36H50F3N7O3Si. The summed E-state index contributed by atoms with van der Waals surface area (Å²) in [6, 6.07) is 7.29. The number of aryl methyl sites for hydroxylation is 1. The zero-order chi connectivity index (χ0) is 35.4. The summed E-state index contributed by atoms with van der Waals surface area (Å²) in [7, 11) is 0.743. The van der Waals surface area contributed by atoms with Gasteiger partial charge < -0.3 is 29.1 Å². The molecule has 3 aromatic heterocycles. The fourth-order valence-corrected chi connectivity index (χ4v) is 8.17. The van der Waals surface area contributed by atoms with E-state index in [-0.39, 0.29) is 24.2 Å². The van der Waals surface area contributed by atoms with Crippen molar-refractivity contribution in [1.82, 2.24) is 29.1 Å². The SMILES string of the molecule is CN(CCCCc1nc2ccc(C(F)(F)F)cc2n1OCC[Si](C)(C)C)C[C@H]1C[C@@H](n2ccc3c(NC4CC4)ncnc32)[C@@H]2OC(C)(C)O[C@H]12. The molecule has 3 fully saturated rings. The number of hydrogen-bond donors (Lipinski definition) is 1.